The van der Waals surface area contributed by atoms with Crippen LogP contribution in [-0.4, -0.2) is 17.1 Å². The predicted molar refractivity (Wildman–Crippen MR) is 117 cm³/mol. The predicted octanol–water partition coefficient (Wildman–Crippen LogP) is 6.08. The Kier molecular flexibility index (Phi) is 5.24. The molecular formula is C22H20N2O2S2. The van der Waals surface area contributed by atoms with Gasteiger partial charge in [0.1, 0.15) is 5.76 Å². The Labute approximate surface area is 172 Å². The number of benzene rings is 2. The number of hydrogen-bond acceptors (Lipinski definition) is 5. The number of nitrogens with zero attached hydrogens (tertiary/aromatic N) is 2. The zero-order valence-electron chi connectivity index (χ0n) is 15.9. The summed E-state index contributed by atoms with van der Waals surface area (Å²) in [5.74, 6) is 0.641. The van der Waals surface area contributed by atoms with E-state index in [0.717, 1.165) is 26.4 Å². The first-order valence-electron chi connectivity index (χ1n) is 8.92. The minimum Gasteiger partial charge on any atom is -0.467 e. The van der Waals surface area contributed by atoms with Gasteiger partial charge in [0.25, 0.3) is 5.91 Å². The standard InChI is InChI=1S/C22H20N2O2S2/c1-14-9-10-19-20(15(14)2)23-22(28-19)24(13-17-7-5-11-26-17)21(25)16-6-4-8-18(12-16)27-3/h4-12H,13H2,1-3H3. The topological polar surface area (TPSA) is 46.3 Å². The van der Waals surface area contributed by atoms with Crippen LogP contribution in [0.2, 0.25) is 0 Å². The summed E-state index contributed by atoms with van der Waals surface area (Å²) in [6.07, 6.45) is 3.63. The van der Waals surface area contributed by atoms with Crippen LogP contribution in [0.15, 0.2) is 64.1 Å². The van der Waals surface area contributed by atoms with Gasteiger partial charge in [-0.05, 0) is 67.6 Å². The average Bonchev–Trinajstić information content (AvgIpc) is 3.38. The van der Waals surface area contributed by atoms with E-state index in [2.05, 4.69) is 26.0 Å². The van der Waals surface area contributed by atoms with Gasteiger partial charge in [0, 0.05) is 10.5 Å². The van der Waals surface area contributed by atoms with E-state index in [4.69, 9.17) is 9.40 Å². The summed E-state index contributed by atoms with van der Waals surface area (Å²) in [5, 5.41) is 0.680. The van der Waals surface area contributed by atoms with E-state index in [-0.39, 0.29) is 5.91 Å². The summed E-state index contributed by atoms with van der Waals surface area (Å²) in [6, 6.07) is 15.6. The number of aryl methyl sites for hydroxylation is 2. The quantitative estimate of drug-likeness (QED) is 0.376. The second kappa shape index (κ2) is 7.81. The molecule has 4 aromatic rings. The van der Waals surface area contributed by atoms with Gasteiger partial charge in [0.15, 0.2) is 5.13 Å². The van der Waals surface area contributed by atoms with Gasteiger partial charge in [-0.1, -0.05) is 23.5 Å². The number of aromatic nitrogens is 1. The van der Waals surface area contributed by atoms with E-state index in [1.807, 2.05) is 42.7 Å². The van der Waals surface area contributed by atoms with Crippen molar-refractivity contribution in [3.63, 3.8) is 0 Å². The van der Waals surface area contributed by atoms with Crippen LogP contribution in [0.5, 0.6) is 0 Å². The molecule has 2 aromatic heterocycles. The lowest BCUT2D eigenvalue weighted by atomic mass is 10.1. The van der Waals surface area contributed by atoms with Crippen LogP contribution >= 0.6 is 23.1 Å². The third-order valence-electron chi connectivity index (χ3n) is 4.76. The highest BCUT2D eigenvalue weighted by atomic mass is 32.2. The van der Waals surface area contributed by atoms with E-state index in [1.54, 1.807) is 22.9 Å². The van der Waals surface area contributed by atoms with Crippen LogP contribution in [0.4, 0.5) is 5.13 Å². The second-order valence-corrected chi connectivity index (χ2v) is 8.44. The van der Waals surface area contributed by atoms with Crippen LogP contribution in [-0.2, 0) is 6.54 Å². The maximum Gasteiger partial charge on any atom is 0.260 e. The Morgan fingerprint density at radius 2 is 2.04 bits per heavy atom. The van der Waals surface area contributed by atoms with Crippen molar-refractivity contribution in [2.24, 2.45) is 0 Å². The van der Waals surface area contributed by atoms with Crippen molar-refractivity contribution in [2.45, 2.75) is 25.3 Å². The first-order chi connectivity index (χ1) is 13.6. The number of amides is 1. The Hall–Kier alpha value is -2.57. The number of furan rings is 1. The smallest absolute Gasteiger partial charge is 0.260 e. The molecule has 0 aliphatic heterocycles. The summed E-state index contributed by atoms with van der Waals surface area (Å²) in [4.78, 5) is 21.0. The fourth-order valence-electron chi connectivity index (χ4n) is 3.03. The molecule has 0 bridgehead atoms. The summed E-state index contributed by atoms with van der Waals surface area (Å²) in [6.45, 7) is 4.49. The number of thiazole rings is 1. The van der Waals surface area contributed by atoms with Gasteiger partial charge in [-0.2, -0.15) is 0 Å². The molecule has 142 valence electrons. The number of carbonyl (C=O) groups is 1. The van der Waals surface area contributed by atoms with E-state index < -0.39 is 0 Å². The van der Waals surface area contributed by atoms with Crippen LogP contribution < -0.4 is 4.90 Å². The van der Waals surface area contributed by atoms with Crippen molar-refractivity contribution in [1.29, 1.82) is 0 Å². The zero-order valence-corrected chi connectivity index (χ0v) is 17.6. The normalized spacial score (nSPS) is 11.1. The Bertz CT molecular complexity index is 1130. The van der Waals surface area contributed by atoms with E-state index in [0.29, 0.717) is 17.2 Å². The molecule has 0 aliphatic carbocycles. The van der Waals surface area contributed by atoms with Crippen LogP contribution in [0, 0.1) is 13.8 Å². The molecule has 0 saturated carbocycles. The number of fused-ring (bicyclic) bond motifs is 1. The molecule has 4 rings (SSSR count). The summed E-state index contributed by atoms with van der Waals surface area (Å²) in [7, 11) is 0. The van der Waals surface area contributed by atoms with Gasteiger partial charge in [0.05, 0.1) is 23.0 Å². The Balaban J connectivity index is 1.79. The SMILES string of the molecule is CSc1cccc(C(=O)N(Cc2ccco2)c2nc3c(C)c(C)ccc3s2)c1. The molecule has 0 unspecified atom stereocenters. The minimum atomic E-state index is -0.0827. The van der Waals surface area contributed by atoms with Crippen molar-refractivity contribution < 1.29 is 9.21 Å². The Morgan fingerprint density at radius 3 is 2.79 bits per heavy atom. The number of hydrogen-bond donors (Lipinski definition) is 0. The van der Waals surface area contributed by atoms with Gasteiger partial charge in [0.2, 0.25) is 0 Å². The average molecular weight is 409 g/mol. The molecular weight excluding hydrogens is 388 g/mol. The van der Waals surface area contributed by atoms with Crippen molar-refractivity contribution in [2.75, 3.05) is 11.2 Å². The molecule has 0 N–H and O–H groups in total. The molecule has 2 heterocycles. The molecule has 2 aromatic carbocycles. The van der Waals surface area contributed by atoms with E-state index in [9.17, 15) is 4.79 Å². The molecule has 4 nitrogen and oxygen atoms in total. The third kappa shape index (κ3) is 3.57. The molecule has 0 radical (unpaired) electrons. The van der Waals surface area contributed by atoms with Gasteiger partial charge < -0.3 is 4.42 Å². The molecule has 1 amide bonds. The maximum atomic E-state index is 13.4. The van der Waals surface area contributed by atoms with Gasteiger partial charge >= 0.3 is 0 Å². The molecule has 0 atom stereocenters. The number of anilines is 1. The van der Waals surface area contributed by atoms with Crippen molar-refractivity contribution in [3.05, 3.63) is 77.2 Å². The number of carbonyl (C=O) groups excluding carboxylic acids is 1. The highest BCUT2D eigenvalue weighted by Gasteiger charge is 2.23. The second-order valence-electron chi connectivity index (χ2n) is 6.55. The van der Waals surface area contributed by atoms with Crippen LogP contribution in [0.1, 0.15) is 27.2 Å². The molecule has 6 heteroatoms. The fourth-order valence-corrected chi connectivity index (χ4v) is 4.51. The monoisotopic (exact) mass is 408 g/mol. The maximum absolute atomic E-state index is 13.4. The van der Waals surface area contributed by atoms with Gasteiger partial charge in [-0.3, -0.25) is 9.69 Å². The third-order valence-corrected chi connectivity index (χ3v) is 6.53. The molecule has 0 aliphatic rings. The largest absolute Gasteiger partial charge is 0.467 e. The van der Waals surface area contributed by atoms with Gasteiger partial charge in [-0.15, -0.1) is 11.8 Å². The summed E-state index contributed by atoms with van der Waals surface area (Å²) >= 11 is 3.15. The summed E-state index contributed by atoms with van der Waals surface area (Å²) in [5.41, 5.74) is 3.94. The van der Waals surface area contributed by atoms with Gasteiger partial charge in [-0.25, -0.2) is 4.98 Å². The van der Waals surface area contributed by atoms with E-state index >= 15 is 0 Å². The van der Waals surface area contributed by atoms with Crippen LogP contribution in [0.25, 0.3) is 10.2 Å². The molecule has 0 saturated heterocycles. The van der Waals surface area contributed by atoms with Crippen LogP contribution in [0.3, 0.4) is 0 Å². The van der Waals surface area contributed by atoms with Crippen molar-refractivity contribution >= 4 is 44.4 Å². The number of rotatable bonds is 5. The van der Waals surface area contributed by atoms with E-state index in [1.165, 1.54) is 16.9 Å². The lowest BCUT2D eigenvalue weighted by molar-refractivity contribution is 0.0983. The fraction of sp³-hybridized carbons (Fsp3) is 0.182. The Morgan fingerprint density at radius 1 is 1.18 bits per heavy atom. The van der Waals surface area contributed by atoms with Crippen molar-refractivity contribution in [3.8, 4) is 0 Å². The minimum absolute atomic E-state index is 0.0827. The highest BCUT2D eigenvalue weighted by Crippen LogP contribution is 2.33. The molecule has 0 spiro atoms. The molecule has 0 fully saturated rings. The number of thioether (sulfide) groups is 1. The highest BCUT2D eigenvalue weighted by molar-refractivity contribution is 7.98. The first-order valence-corrected chi connectivity index (χ1v) is 11.0. The first kappa shape index (κ1) is 18.8. The summed E-state index contributed by atoms with van der Waals surface area (Å²) < 4.78 is 6.59. The lowest BCUT2D eigenvalue weighted by Crippen LogP contribution is -2.30. The molecule has 28 heavy (non-hydrogen) atoms. The lowest BCUT2D eigenvalue weighted by Gasteiger charge is -2.19. The van der Waals surface area contributed by atoms with Crippen molar-refractivity contribution in [1.82, 2.24) is 4.98 Å². The zero-order chi connectivity index (χ0) is 19.7.